The molecule has 0 saturated carbocycles. The normalized spacial score (nSPS) is 17.1. The van der Waals surface area contributed by atoms with Gasteiger partial charge in [-0.3, -0.25) is 0 Å². The summed E-state index contributed by atoms with van der Waals surface area (Å²) in [4.78, 5) is 4.94. The lowest BCUT2D eigenvalue weighted by Crippen LogP contribution is -2.45. The van der Waals surface area contributed by atoms with Crippen molar-refractivity contribution in [2.75, 3.05) is 53.4 Å². The minimum absolute atomic E-state index is 0.675. The highest BCUT2D eigenvalue weighted by atomic mass is 35.5. The topological polar surface area (TPSA) is 27.7 Å². The van der Waals surface area contributed by atoms with Gasteiger partial charge in [0, 0.05) is 32.7 Å². The minimum atomic E-state index is 0.675. The molecular formula is C16H26ClN3O. The fourth-order valence-corrected chi connectivity index (χ4v) is 2.83. The van der Waals surface area contributed by atoms with Crippen molar-refractivity contribution >= 4 is 11.6 Å². The van der Waals surface area contributed by atoms with Crippen LogP contribution < -0.4 is 10.1 Å². The Morgan fingerprint density at radius 3 is 2.67 bits per heavy atom. The fourth-order valence-electron chi connectivity index (χ4n) is 2.55. The van der Waals surface area contributed by atoms with Gasteiger partial charge in [0.05, 0.1) is 12.1 Å². The lowest BCUT2D eigenvalue weighted by Gasteiger charge is -2.32. The summed E-state index contributed by atoms with van der Waals surface area (Å²) < 4.78 is 5.16. The summed E-state index contributed by atoms with van der Waals surface area (Å²) >= 11 is 6.12. The van der Waals surface area contributed by atoms with Gasteiger partial charge in [-0.05, 0) is 44.3 Å². The number of piperazine rings is 1. The molecular weight excluding hydrogens is 286 g/mol. The second-order valence-corrected chi connectivity index (χ2v) is 6.05. The molecule has 0 amide bonds. The number of methoxy groups -OCH3 is 1. The molecule has 5 heteroatoms. The van der Waals surface area contributed by atoms with Crippen LogP contribution >= 0.6 is 11.6 Å². The summed E-state index contributed by atoms with van der Waals surface area (Å²) in [6, 6.07) is 5.94. The van der Waals surface area contributed by atoms with Gasteiger partial charge in [-0.1, -0.05) is 17.7 Å². The fraction of sp³-hybridized carbons (Fsp3) is 0.625. The third-order valence-corrected chi connectivity index (χ3v) is 4.26. The van der Waals surface area contributed by atoms with Crippen LogP contribution in [0, 0.1) is 0 Å². The molecule has 1 heterocycles. The Kier molecular flexibility index (Phi) is 6.77. The Hall–Kier alpha value is -0.810. The van der Waals surface area contributed by atoms with Crippen LogP contribution in [0.3, 0.4) is 0 Å². The molecule has 0 atom stereocenters. The summed E-state index contributed by atoms with van der Waals surface area (Å²) in [6.45, 7) is 7.86. The van der Waals surface area contributed by atoms with E-state index in [-0.39, 0.29) is 0 Å². The molecule has 2 rings (SSSR count). The van der Waals surface area contributed by atoms with Crippen LogP contribution in [0.5, 0.6) is 5.75 Å². The molecule has 1 fully saturated rings. The summed E-state index contributed by atoms with van der Waals surface area (Å²) in [5.41, 5.74) is 1.19. The Morgan fingerprint density at radius 1 is 1.24 bits per heavy atom. The van der Waals surface area contributed by atoms with Crippen LogP contribution in [-0.4, -0.2) is 63.2 Å². The SMILES string of the molecule is COc1ccc(CNCCCN2CCN(C)CC2)cc1Cl. The van der Waals surface area contributed by atoms with E-state index in [1.807, 2.05) is 12.1 Å². The highest BCUT2D eigenvalue weighted by Gasteiger charge is 2.12. The first-order valence-electron chi connectivity index (χ1n) is 7.63. The van der Waals surface area contributed by atoms with Crippen molar-refractivity contribution in [2.45, 2.75) is 13.0 Å². The first-order chi connectivity index (χ1) is 10.2. The van der Waals surface area contributed by atoms with E-state index in [1.165, 1.54) is 44.7 Å². The average Bonchev–Trinajstić information content (AvgIpc) is 2.49. The molecule has 1 aliphatic rings. The van der Waals surface area contributed by atoms with E-state index in [9.17, 15) is 0 Å². The number of likely N-dealkylation sites (N-methyl/N-ethyl adjacent to an activating group) is 1. The lowest BCUT2D eigenvalue weighted by molar-refractivity contribution is 0.153. The van der Waals surface area contributed by atoms with E-state index in [2.05, 4.69) is 28.2 Å². The van der Waals surface area contributed by atoms with Gasteiger partial charge < -0.3 is 19.9 Å². The van der Waals surface area contributed by atoms with E-state index >= 15 is 0 Å². The van der Waals surface area contributed by atoms with Crippen LogP contribution in [0.1, 0.15) is 12.0 Å². The van der Waals surface area contributed by atoms with Gasteiger partial charge in [0.25, 0.3) is 0 Å². The predicted octanol–water partition coefficient (Wildman–Crippen LogP) is 2.08. The van der Waals surface area contributed by atoms with Gasteiger partial charge in [0.15, 0.2) is 0 Å². The van der Waals surface area contributed by atoms with Crippen molar-refractivity contribution in [2.24, 2.45) is 0 Å². The Morgan fingerprint density at radius 2 is 2.00 bits per heavy atom. The molecule has 0 aromatic heterocycles. The maximum atomic E-state index is 6.12. The third-order valence-electron chi connectivity index (χ3n) is 3.97. The highest BCUT2D eigenvalue weighted by molar-refractivity contribution is 6.32. The standard InChI is InChI=1S/C16H26ClN3O/c1-19-8-10-20(11-9-19)7-3-6-18-13-14-4-5-16(21-2)15(17)12-14/h4-5,12,18H,3,6-11,13H2,1-2H3. The Bertz CT molecular complexity index is 434. The first kappa shape index (κ1) is 16.6. The molecule has 0 bridgehead atoms. The number of rotatable bonds is 7. The summed E-state index contributed by atoms with van der Waals surface area (Å²) in [5, 5.41) is 4.15. The summed E-state index contributed by atoms with van der Waals surface area (Å²) in [7, 11) is 3.83. The number of ether oxygens (including phenoxy) is 1. The molecule has 21 heavy (non-hydrogen) atoms. The van der Waals surface area contributed by atoms with Crippen LogP contribution in [0.15, 0.2) is 18.2 Å². The largest absolute Gasteiger partial charge is 0.495 e. The Labute approximate surface area is 133 Å². The van der Waals surface area contributed by atoms with Crippen LogP contribution in [0.2, 0.25) is 5.02 Å². The lowest BCUT2D eigenvalue weighted by atomic mass is 10.2. The molecule has 1 N–H and O–H groups in total. The monoisotopic (exact) mass is 311 g/mol. The maximum absolute atomic E-state index is 6.12. The number of hydrogen-bond donors (Lipinski definition) is 1. The van der Waals surface area contributed by atoms with E-state index < -0.39 is 0 Å². The highest BCUT2D eigenvalue weighted by Crippen LogP contribution is 2.24. The number of halogens is 1. The average molecular weight is 312 g/mol. The molecule has 118 valence electrons. The third kappa shape index (κ3) is 5.47. The molecule has 0 unspecified atom stereocenters. The van der Waals surface area contributed by atoms with E-state index in [0.29, 0.717) is 5.02 Å². The quantitative estimate of drug-likeness (QED) is 0.780. The van der Waals surface area contributed by atoms with Gasteiger partial charge in [0.1, 0.15) is 5.75 Å². The van der Waals surface area contributed by atoms with Gasteiger partial charge >= 0.3 is 0 Å². The van der Waals surface area contributed by atoms with E-state index in [1.54, 1.807) is 7.11 Å². The number of hydrogen-bond acceptors (Lipinski definition) is 4. The number of benzene rings is 1. The zero-order valence-electron chi connectivity index (χ0n) is 13.1. The van der Waals surface area contributed by atoms with Gasteiger partial charge in [0.2, 0.25) is 0 Å². The molecule has 0 aliphatic carbocycles. The molecule has 1 aromatic rings. The first-order valence-corrected chi connectivity index (χ1v) is 8.01. The molecule has 4 nitrogen and oxygen atoms in total. The second-order valence-electron chi connectivity index (χ2n) is 5.64. The minimum Gasteiger partial charge on any atom is -0.495 e. The molecule has 1 aromatic carbocycles. The molecule has 0 spiro atoms. The number of nitrogens with one attached hydrogen (secondary N) is 1. The van der Waals surface area contributed by atoms with Crippen molar-refractivity contribution in [3.05, 3.63) is 28.8 Å². The van der Waals surface area contributed by atoms with Crippen LogP contribution in [-0.2, 0) is 6.54 Å². The van der Waals surface area contributed by atoms with Gasteiger partial charge in [-0.2, -0.15) is 0 Å². The molecule has 0 radical (unpaired) electrons. The second kappa shape index (κ2) is 8.59. The van der Waals surface area contributed by atoms with Crippen LogP contribution in [0.4, 0.5) is 0 Å². The van der Waals surface area contributed by atoms with E-state index in [0.717, 1.165) is 18.8 Å². The van der Waals surface area contributed by atoms with Crippen molar-refractivity contribution in [3.63, 3.8) is 0 Å². The van der Waals surface area contributed by atoms with Gasteiger partial charge in [-0.15, -0.1) is 0 Å². The summed E-state index contributed by atoms with van der Waals surface area (Å²) in [5.74, 6) is 0.732. The number of nitrogens with zero attached hydrogens (tertiary/aromatic N) is 2. The van der Waals surface area contributed by atoms with Crippen molar-refractivity contribution in [3.8, 4) is 5.75 Å². The molecule has 1 aliphatic heterocycles. The summed E-state index contributed by atoms with van der Waals surface area (Å²) in [6.07, 6.45) is 1.19. The van der Waals surface area contributed by atoms with E-state index in [4.69, 9.17) is 16.3 Å². The van der Waals surface area contributed by atoms with Crippen molar-refractivity contribution in [1.29, 1.82) is 0 Å². The van der Waals surface area contributed by atoms with Crippen molar-refractivity contribution < 1.29 is 4.74 Å². The van der Waals surface area contributed by atoms with Crippen LogP contribution in [0.25, 0.3) is 0 Å². The predicted molar refractivity (Wildman–Crippen MR) is 88.3 cm³/mol. The maximum Gasteiger partial charge on any atom is 0.137 e. The van der Waals surface area contributed by atoms with Crippen molar-refractivity contribution in [1.82, 2.24) is 15.1 Å². The zero-order valence-corrected chi connectivity index (χ0v) is 13.8. The van der Waals surface area contributed by atoms with Gasteiger partial charge in [-0.25, -0.2) is 0 Å². The Balaban J connectivity index is 1.60. The zero-order chi connectivity index (χ0) is 15.1. The molecule has 1 saturated heterocycles. The smallest absolute Gasteiger partial charge is 0.137 e.